The van der Waals surface area contributed by atoms with Crippen LogP contribution in [0.4, 0.5) is 0 Å². The number of ether oxygens (including phenoxy) is 4. The van der Waals surface area contributed by atoms with Crippen LogP contribution in [-0.2, 0) is 25.6 Å². The second-order valence-corrected chi connectivity index (χ2v) is 6.28. The van der Waals surface area contributed by atoms with E-state index < -0.39 is 23.8 Å². The fourth-order valence-electron chi connectivity index (χ4n) is 2.90. The van der Waals surface area contributed by atoms with Gasteiger partial charge >= 0.3 is 0 Å². The van der Waals surface area contributed by atoms with E-state index in [9.17, 15) is 5.11 Å². The molecule has 0 aromatic heterocycles. The summed E-state index contributed by atoms with van der Waals surface area (Å²) in [5, 5.41) is 10.8. The molecule has 0 bridgehead atoms. The molecule has 2 heterocycles. The Balaban J connectivity index is 1.67. The molecule has 1 aromatic rings. The van der Waals surface area contributed by atoms with Gasteiger partial charge in [-0.25, -0.2) is 0 Å². The van der Waals surface area contributed by atoms with Crippen molar-refractivity contribution < 1.29 is 24.1 Å². The van der Waals surface area contributed by atoms with E-state index in [1.165, 1.54) is 0 Å². The molecule has 1 aromatic carbocycles. The van der Waals surface area contributed by atoms with Crippen LogP contribution in [0.25, 0.3) is 0 Å². The minimum Gasteiger partial charge on any atom is -0.382 e. The van der Waals surface area contributed by atoms with Gasteiger partial charge in [0.1, 0.15) is 17.8 Å². The van der Waals surface area contributed by atoms with Gasteiger partial charge in [-0.1, -0.05) is 30.3 Å². The first-order valence-corrected chi connectivity index (χ1v) is 7.24. The van der Waals surface area contributed by atoms with Gasteiger partial charge in [-0.15, -0.1) is 0 Å². The lowest BCUT2D eigenvalue weighted by molar-refractivity contribution is -0.297. The van der Waals surface area contributed by atoms with E-state index >= 15 is 0 Å². The van der Waals surface area contributed by atoms with Crippen molar-refractivity contribution in [2.24, 2.45) is 0 Å². The summed E-state index contributed by atoms with van der Waals surface area (Å²) >= 11 is 0. The molecule has 5 nitrogen and oxygen atoms in total. The predicted molar refractivity (Wildman–Crippen MR) is 75.4 cm³/mol. The van der Waals surface area contributed by atoms with Crippen molar-refractivity contribution in [1.82, 2.24) is 0 Å². The second kappa shape index (κ2) is 5.34. The van der Waals surface area contributed by atoms with Gasteiger partial charge in [-0.2, -0.15) is 0 Å². The Labute approximate surface area is 124 Å². The van der Waals surface area contributed by atoms with E-state index in [1.54, 1.807) is 6.92 Å². The number of rotatable bonds is 3. The number of hydrogen-bond donors (Lipinski definition) is 1. The fraction of sp³-hybridized carbons (Fsp3) is 0.625. The van der Waals surface area contributed by atoms with Crippen LogP contribution in [0.3, 0.4) is 0 Å². The molecular weight excluding hydrogens is 272 g/mol. The van der Waals surface area contributed by atoms with Crippen LogP contribution in [0.2, 0.25) is 0 Å². The van der Waals surface area contributed by atoms with E-state index in [0.717, 1.165) is 5.56 Å². The first-order chi connectivity index (χ1) is 9.88. The summed E-state index contributed by atoms with van der Waals surface area (Å²) in [6, 6.07) is 9.79. The number of hydrogen-bond acceptors (Lipinski definition) is 5. The van der Waals surface area contributed by atoms with Crippen LogP contribution in [0.1, 0.15) is 26.3 Å². The molecule has 21 heavy (non-hydrogen) atoms. The highest BCUT2D eigenvalue weighted by atomic mass is 16.8. The third kappa shape index (κ3) is 2.98. The molecule has 2 aliphatic rings. The minimum absolute atomic E-state index is 0.272. The molecule has 4 atom stereocenters. The van der Waals surface area contributed by atoms with Crippen molar-refractivity contribution in [2.75, 3.05) is 6.61 Å². The van der Waals surface area contributed by atoms with Gasteiger partial charge in [-0.05, 0) is 26.3 Å². The Hall–Kier alpha value is -0.980. The number of benzene rings is 1. The van der Waals surface area contributed by atoms with Gasteiger partial charge in [0.05, 0.1) is 13.2 Å². The molecule has 0 saturated carbocycles. The zero-order valence-corrected chi connectivity index (χ0v) is 12.6. The van der Waals surface area contributed by atoms with Crippen LogP contribution < -0.4 is 0 Å². The molecule has 0 unspecified atom stereocenters. The molecule has 0 aliphatic carbocycles. The SMILES string of the molecule is CC1(C)O[C@@H]2[C@@H](CO[C@H](OCc3ccccc3)[C@]2(C)O)O1. The maximum Gasteiger partial charge on any atom is 0.189 e. The Morgan fingerprint density at radius 2 is 1.90 bits per heavy atom. The van der Waals surface area contributed by atoms with E-state index in [4.69, 9.17) is 18.9 Å². The number of aliphatic hydroxyl groups is 1. The van der Waals surface area contributed by atoms with Crippen molar-refractivity contribution in [3.8, 4) is 0 Å². The molecule has 0 amide bonds. The normalized spacial score (nSPS) is 38.2. The van der Waals surface area contributed by atoms with E-state index in [2.05, 4.69) is 0 Å². The van der Waals surface area contributed by atoms with Gasteiger partial charge in [0.25, 0.3) is 0 Å². The molecule has 2 aliphatic heterocycles. The van der Waals surface area contributed by atoms with Gasteiger partial charge in [0, 0.05) is 0 Å². The van der Waals surface area contributed by atoms with Crippen molar-refractivity contribution in [2.45, 2.75) is 57.3 Å². The lowest BCUT2D eigenvalue weighted by atomic mass is 9.92. The monoisotopic (exact) mass is 294 g/mol. The molecule has 0 radical (unpaired) electrons. The van der Waals surface area contributed by atoms with Crippen LogP contribution in [-0.4, -0.2) is 41.6 Å². The summed E-state index contributed by atoms with van der Waals surface area (Å²) in [5.74, 6) is -0.711. The molecule has 3 rings (SSSR count). The lowest BCUT2D eigenvalue weighted by Crippen LogP contribution is -2.60. The first-order valence-electron chi connectivity index (χ1n) is 7.24. The molecule has 2 saturated heterocycles. The molecule has 0 spiro atoms. The molecular formula is C16H22O5. The second-order valence-electron chi connectivity index (χ2n) is 6.28. The number of fused-ring (bicyclic) bond motifs is 1. The third-order valence-electron chi connectivity index (χ3n) is 3.89. The van der Waals surface area contributed by atoms with Crippen molar-refractivity contribution >= 4 is 0 Å². The smallest absolute Gasteiger partial charge is 0.189 e. The van der Waals surface area contributed by atoms with Gasteiger partial charge in [0.15, 0.2) is 12.1 Å². The standard InChI is InChI=1S/C16H22O5/c1-15(2)20-12-10-19-14(16(3,17)13(12)21-15)18-9-11-7-5-4-6-8-11/h4-8,12-14,17H,9-10H2,1-3H3/t12-,13-,14+,16-/m1/s1. The Bertz CT molecular complexity index is 485. The van der Waals surface area contributed by atoms with E-state index in [0.29, 0.717) is 13.2 Å². The lowest BCUT2D eigenvalue weighted by Gasteiger charge is -2.42. The van der Waals surface area contributed by atoms with Crippen molar-refractivity contribution in [1.29, 1.82) is 0 Å². The van der Waals surface area contributed by atoms with Gasteiger partial charge in [-0.3, -0.25) is 0 Å². The third-order valence-corrected chi connectivity index (χ3v) is 3.89. The van der Waals surface area contributed by atoms with Crippen LogP contribution in [0, 0.1) is 0 Å². The average Bonchev–Trinajstić information content (AvgIpc) is 2.75. The highest BCUT2D eigenvalue weighted by Crippen LogP contribution is 2.40. The molecule has 5 heteroatoms. The fourth-order valence-corrected chi connectivity index (χ4v) is 2.90. The molecule has 1 N–H and O–H groups in total. The average molecular weight is 294 g/mol. The summed E-state index contributed by atoms with van der Waals surface area (Å²) in [7, 11) is 0. The topological polar surface area (TPSA) is 57.2 Å². The zero-order valence-electron chi connectivity index (χ0n) is 12.6. The highest BCUT2D eigenvalue weighted by Gasteiger charge is 2.57. The summed E-state index contributed by atoms with van der Waals surface area (Å²) in [6.07, 6.45) is -1.47. The summed E-state index contributed by atoms with van der Waals surface area (Å²) in [4.78, 5) is 0. The summed E-state index contributed by atoms with van der Waals surface area (Å²) in [6.45, 7) is 6.07. The van der Waals surface area contributed by atoms with Gasteiger partial charge in [0.2, 0.25) is 0 Å². The Kier molecular flexibility index (Phi) is 3.80. The maximum absolute atomic E-state index is 10.8. The highest BCUT2D eigenvalue weighted by molar-refractivity contribution is 5.13. The first kappa shape index (κ1) is 14.9. The summed E-state index contributed by atoms with van der Waals surface area (Å²) < 4.78 is 23.0. The Morgan fingerprint density at radius 3 is 2.62 bits per heavy atom. The minimum atomic E-state index is -1.26. The predicted octanol–water partition coefficient (Wildman–Crippen LogP) is 1.83. The van der Waals surface area contributed by atoms with Crippen LogP contribution in [0.15, 0.2) is 30.3 Å². The van der Waals surface area contributed by atoms with Crippen LogP contribution in [0.5, 0.6) is 0 Å². The van der Waals surface area contributed by atoms with Crippen molar-refractivity contribution in [3.63, 3.8) is 0 Å². The van der Waals surface area contributed by atoms with E-state index in [-0.39, 0.29) is 6.10 Å². The maximum atomic E-state index is 10.8. The largest absolute Gasteiger partial charge is 0.382 e. The summed E-state index contributed by atoms with van der Waals surface area (Å²) in [5.41, 5.74) is -0.228. The van der Waals surface area contributed by atoms with Crippen molar-refractivity contribution in [3.05, 3.63) is 35.9 Å². The zero-order chi connectivity index (χ0) is 15.1. The molecule has 2 fully saturated rings. The van der Waals surface area contributed by atoms with Gasteiger partial charge < -0.3 is 24.1 Å². The van der Waals surface area contributed by atoms with E-state index in [1.807, 2.05) is 44.2 Å². The Morgan fingerprint density at radius 1 is 1.19 bits per heavy atom. The quantitative estimate of drug-likeness (QED) is 0.921. The van der Waals surface area contributed by atoms with Crippen LogP contribution >= 0.6 is 0 Å². The molecule has 116 valence electrons.